The van der Waals surface area contributed by atoms with Crippen molar-refractivity contribution >= 4 is 22.6 Å². The zero-order valence-corrected chi connectivity index (χ0v) is 15.8. The van der Waals surface area contributed by atoms with Crippen LogP contribution in [-0.2, 0) is 13.6 Å². The number of aromatic nitrogens is 3. The van der Waals surface area contributed by atoms with E-state index in [1.807, 2.05) is 66.3 Å². The van der Waals surface area contributed by atoms with Crippen LogP contribution < -0.4 is 10.3 Å². The average Bonchev–Trinajstić information content (AvgIpc) is 3.02. The van der Waals surface area contributed by atoms with Gasteiger partial charge in [0.1, 0.15) is 16.8 Å². The molecule has 4 rings (SSSR count). The molecule has 0 amide bonds. The molecule has 6 heteroatoms. The first-order valence-corrected chi connectivity index (χ1v) is 8.88. The number of aryl methyl sites for hydroxylation is 1. The van der Waals surface area contributed by atoms with E-state index in [9.17, 15) is 4.79 Å². The van der Waals surface area contributed by atoms with Gasteiger partial charge in [-0.2, -0.15) is 0 Å². The Bertz CT molecular complexity index is 1180. The van der Waals surface area contributed by atoms with E-state index in [1.165, 1.54) is 0 Å². The van der Waals surface area contributed by atoms with Crippen molar-refractivity contribution in [2.24, 2.45) is 7.05 Å². The van der Waals surface area contributed by atoms with Crippen molar-refractivity contribution < 1.29 is 4.74 Å². The van der Waals surface area contributed by atoms with Gasteiger partial charge >= 0.3 is 0 Å². The standard InChI is InChI=1S/C21H18ClN3O2/c1-24-12-18(15-6-8-16(22)9-7-15)19-20(24)21(26)25(13-23-19)11-14-4-3-5-17(10-14)27-2/h3-10,12-13H,11H2,1-2H3. The highest BCUT2D eigenvalue weighted by molar-refractivity contribution is 6.30. The van der Waals surface area contributed by atoms with Gasteiger partial charge in [0.15, 0.2) is 0 Å². The zero-order valence-electron chi connectivity index (χ0n) is 15.0. The van der Waals surface area contributed by atoms with Crippen LogP contribution in [0.2, 0.25) is 5.02 Å². The van der Waals surface area contributed by atoms with Crippen molar-refractivity contribution in [1.82, 2.24) is 14.1 Å². The van der Waals surface area contributed by atoms with Crippen molar-refractivity contribution in [2.75, 3.05) is 7.11 Å². The maximum absolute atomic E-state index is 13.1. The summed E-state index contributed by atoms with van der Waals surface area (Å²) in [5.74, 6) is 0.762. The van der Waals surface area contributed by atoms with E-state index in [4.69, 9.17) is 16.3 Å². The topological polar surface area (TPSA) is 49.0 Å². The van der Waals surface area contributed by atoms with Crippen molar-refractivity contribution in [3.05, 3.63) is 82.0 Å². The number of rotatable bonds is 4. The summed E-state index contributed by atoms with van der Waals surface area (Å²) in [6.45, 7) is 0.431. The van der Waals surface area contributed by atoms with E-state index in [-0.39, 0.29) is 5.56 Å². The monoisotopic (exact) mass is 379 g/mol. The summed E-state index contributed by atoms with van der Waals surface area (Å²) in [5.41, 5.74) is 4.05. The van der Waals surface area contributed by atoms with Gasteiger partial charge in [0.05, 0.1) is 20.0 Å². The largest absolute Gasteiger partial charge is 0.497 e. The Morgan fingerprint density at radius 1 is 1.15 bits per heavy atom. The summed E-state index contributed by atoms with van der Waals surface area (Å²) < 4.78 is 8.70. The van der Waals surface area contributed by atoms with Gasteiger partial charge in [0, 0.05) is 23.8 Å². The maximum atomic E-state index is 13.1. The molecule has 4 aromatic rings. The van der Waals surface area contributed by atoms with Gasteiger partial charge in [-0.1, -0.05) is 35.9 Å². The molecular formula is C21H18ClN3O2. The molecule has 0 aliphatic heterocycles. The second-order valence-electron chi connectivity index (χ2n) is 6.39. The lowest BCUT2D eigenvalue weighted by Gasteiger charge is -2.08. The number of fused-ring (bicyclic) bond motifs is 1. The first-order chi connectivity index (χ1) is 13.1. The van der Waals surface area contributed by atoms with Crippen LogP contribution in [0.15, 0.2) is 65.8 Å². The number of hydrogen-bond donors (Lipinski definition) is 0. The smallest absolute Gasteiger partial charge is 0.278 e. The fourth-order valence-corrected chi connectivity index (χ4v) is 3.36. The molecule has 27 heavy (non-hydrogen) atoms. The second-order valence-corrected chi connectivity index (χ2v) is 6.82. The van der Waals surface area contributed by atoms with Crippen LogP contribution in [-0.4, -0.2) is 21.2 Å². The van der Waals surface area contributed by atoms with Crippen LogP contribution in [0.1, 0.15) is 5.56 Å². The van der Waals surface area contributed by atoms with E-state index >= 15 is 0 Å². The summed E-state index contributed by atoms with van der Waals surface area (Å²) in [7, 11) is 3.49. The second kappa shape index (κ2) is 6.93. The van der Waals surface area contributed by atoms with Crippen molar-refractivity contribution in [3.63, 3.8) is 0 Å². The Hall–Kier alpha value is -3.05. The third-order valence-electron chi connectivity index (χ3n) is 4.59. The molecule has 0 saturated carbocycles. The Morgan fingerprint density at radius 2 is 1.93 bits per heavy atom. The Balaban J connectivity index is 1.79. The minimum atomic E-state index is -0.0782. The lowest BCUT2D eigenvalue weighted by molar-refractivity contribution is 0.414. The molecule has 5 nitrogen and oxygen atoms in total. The number of halogens is 1. The molecule has 0 aliphatic rings. The molecule has 2 aromatic carbocycles. The lowest BCUT2D eigenvalue weighted by atomic mass is 10.1. The zero-order chi connectivity index (χ0) is 19.0. The minimum absolute atomic E-state index is 0.0782. The normalized spacial score (nSPS) is 11.1. The lowest BCUT2D eigenvalue weighted by Crippen LogP contribution is -2.22. The van der Waals surface area contributed by atoms with Crippen LogP contribution >= 0.6 is 11.6 Å². The first-order valence-electron chi connectivity index (χ1n) is 8.50. The predicted molar refractivity (Wildman–Crippen MR) is 108 cm³/mol. The molecule has 0 spiro atoms. The molecule has 0 aliphatic carbocycles. The van der Waals surface area contributed by atoms with Gasteiger partial charge in [0.2, 0.25) is 0 Å². The van der Waals surface area contributed by atoms with E-state index in [2.05, 4.69) is 4.98 Å². The molecular weight excluding hydrogens is 362 g/mol. The highest BCUT2D eigenvalue weighted by Crippen LogP contribution is 2.28. The van der Waals surface area contributed by atoms with Gasteiger partial charge in [-0.3, -0.25) is 9.36 Å². The summed E-state index contributed by atoms with van der Waals surface area (Å²) in [4.78, 5) is 17.6. The van der Waals surface area contributed by atoms with Gasteiger partial charge < -0.3 is 9.30 Å². The molecule has 0 unspecified atom stereocenters. The van der Waals surface area contributed by atoms with E-state index in [1.54, 1.807) is 18.0 Å². The fraction of sp³-hybridized carbons (Fsp3) is 0.143. The maximum Gasteiger partial charge on any atom is 0.278 e. The summed E-state index contributed by atoms with van der Waals surface area (Å²) >= 11 is 5.98. The fourth-order valence-electron chi connectivity index (χ4n) is 3.23. The summed E-state index contributed by atoms with van der Waals surface area (Å²) in [6.07, 6.45) is 3.53. The van der Waals surface area contributed by atoms with Crippen molar-refractivity contribution in [3.8, 4) is 16.9 Å². The van der Waals surface area contributed by atoms with Crippen molar-refractivity contribution in [2.45, 2.75) is 6.54 Å². The number of methoxy groups -OCH3 is 1. The highest BCUT2D eigenvalue weighted by Gasteiger charge is 2.15. The van der Waals surface area contributed by atoms with Crippen LogP contribution in [0, 0.1) is 0 Å². The molecule has 2 heterocycles. The average molecular weight is 380 g/mol. The molecule has 0 radical (unpaired) electrons. The number of ether oxygens (including phenoxy) is 1. The van der Waals surface area contributed by atoms with E-state index in [0.29, 0.717) is 22.6 Å². The van der Waals surface area contributed by atoms with Gasteiger partial charge in [-0.05, 0) is 35.4 Å². The van der Waals surface area contributed by atoms with Crippen LogP contribution in [0.5, 0.6) is 5.75 Å². The Kier molecular flexibility index (Phi) is 4.46. The van der Waals surface area contributed by atoms with Gasteiger partial charge in [-0.15, -0.1) is 0 Å². The molecule has 0 atom stereocenters. The Labute approximate surface area is 161 Å². The summed E-state index contributed by atoms with van der Waals surface area (Å²) in [5, 5.41) is 0.674. The van der Waals surface area contributed by atoms with Crippen LogP contribution in [0.3, 0.4) is 0 Å². The van der Waals surface area contributed by atoms with Crippen LogP contribution in [0.4, 0.5) is 0 Å². The number of hydrogen-bond acceptors (Lipinski definition) is 3. The minimum Gasteiger partial charge on any atom is -0.497 e. The SMILES string of the molecule is COc1cccc(Cn2cnc3c(-c4ccc(Cl)cc4)cn(C)c3c2=O)c1. The van der Waals surface area contributed by atoms with Gasteiger partial charge in [0.25, 0.3) is 5.56 Å². The van der Waals surface area contributed by atoms with Crippen LogP contribution in [0.25, 0.3) is 22.2 Å². The summed E-state index contributed by atoms with van der Waals surface area (Å²) in [6, 6.07) is 15.2. The molecule has 2 aromatic heterocycles. The molecule has 0 saturated heterocycles. The molecule has 0 fully saturated rings. The molecule has 0 bridgehead atoms. The van der Waals surface area contributed by atoms with E-state index < -0.39 is 0 Å². The van der Waals surface area contributed by atoms with Crippen molar-refractivity contribution in [1.29, 1.82) is 0 Å². The molecule has 136 valence electrons. The van der Waals surface area contributed by atoms with Gasteiger partial charge in [-0.25, -0.2) is 4.98 Å². The number of benzene rings is 2. The van der Waals surface area contributed by atoms with E-state index in [0.717, 1.165) is 22.4 Å². The predicted octanol–water partition coefficient (Wildman–Crippen LogP) is 4.11. The highest BCUT2D eigenvalue weighted by atomic mass is 35.5. The number of nitrogens with zero attached hydrogens (tertiary/aromatic N) is 3. The molecule has 0 N–H and O–H groups in total. The Morgan fingerprint density at radius 3 is 2.67 bits per heavy atom. The third kappa shape index (κ3) is 3.22. The first kappa shape index (κ1) is 17.4. The quantitative estimate of drug-likeness (QED) is 0.536. The third-order valence-corrected chi connectivity index (χ3v) is 4.84.